The van der Waals surface area contributed by atoms with Crippen LogP contribution < -0.4 is 15.0 Å². The number of nitro groups is 1. The summed E-state index contributed by atoms with van der Waals surface area (Å²) in [5.74, 6) is 0.922. The predicted molar refractivity (Wildman–Crippen MR) is 155 cm³/mol. The summed E-state index contributed by atoms with van der Waals surface area (Å²) < 4.78 is 24.4. The number of anilines is 3. The molecule has 4 aromatic rings. The van der Waals surface area contributed by atoms with E-state index in [2.05, 4.69) is 20.3 Å². The molecule has 4 rings (SSSR count). The Labute approximate surface area is 237 Å². The van der Waals surface area contributed by atoms with Crippen molar-refractivity contribution in [2.75, 3.05) is 65.3 Å². The Bertz CT molecular complexity index is 1490. The van der Waals surface area contributed by atoms with Crippen LogP contribution in [-0.2, 0) is 11.2 Å². The van der Waals surface area contributed by atoms with Crippen LogP contribution in [0.5, 0.6) is 5.75 Å². The number of likely N-dealkylation sites (N-methyl/N-ethyl adjacent to an activating group) is 2. The minimum Gasteiger partial charge on any atom is -0.494 e. The zero-order valence-corrected chi connectivity index (χ0v) is 23.6. The van der Waals surface area contributed by atoms with Crippen molar-refractivity contribution in [2.45, 2.75) is 6.42 Å². The van der Waals surface area contributed by atoms with Gasteiger partial charge < -0.3 is 29.6 Å². The number of H-pyrrole nitrogens is 1. The molecular weight excluding hydrogens is 531 g/mol. The van der Waals surface area contributed by atoms with Crippen molar-refractivity contribution < 1.29 is 18.8 Å². The van der Waals surface area contributed by atoms with E-state index in [4.69, 9.17) is 14.5 Å². The molecule has 12 nitrogen and oxygen atoms in total. The molecule has 0 bridgehead atoms. The minimum atomic E-state index is -0.426. The van der Waals surface area contributed by atoms with E-state index in [0.717, 1.165) is 6.54 Å². The zero-order valence-electron chi connectivity index (χ0n) is 23.6. The number of nitrogens with one attached hydrogen (secondary N) is 2. The summed E-state index contributed by atoms with van der Waals surface area (Å²) in [6, 6.07) is 10.8. The third-order valence-corrected chi connectivity index (χ3v) is 6.36. The van der Waals surface area contributed by atoms with Gasteiger partial charge in [-0.25, -0.2) is 19.3 Å². The Morgan fingerprint density at radius 1 is 1.07 bits per heavy atom. The third-order valence-electron chi connectivity index (χ3n) is 6.36. The Kier molecular flexibility index (Phi) is 9.42. The van der Waals surface area contributed by atoms with Gasteiger partial charge in [-0.1, -0.05) is 0 Å². The maximum Gasteiger partial charge on any atom is 0.294 e. The normalized spacial score (nSPS) is 11.1. The van der Waals surface area contributed by atoms with Crippen LogP contribution in [0.1, 0.15) is 5.82 Å². The number of nitrogens with zero attached hydrogens (tertiary/aromatic N) is 6. The van der Waals surface area contributed by atoms with Gasteiger partial charge in [0.15, 0.2) is 0 Å². The number of ether oxygens (including phenoxy) is 2. The van der Waals surface area contributed by atoms with Crippen molar-refractivity contribution in [3.8, 4) is 28.4 Å². The van der Waals surface area contributed by atoms with Crippen LogP contribution in [-0.4, -0.2) is 84.8 Å². The van der Waals surface area contributed by atoms with Crippen LogP contribution in [0.25, 0.3) is 22.6 Å². The highest BCUT2D eigenvalue weighted by Crippen LogP contribution is 2.39. The summed E-state index contributed by atoms with van der Waals surface area (Å²) in [4.78, 5) is 32.4. The molecule has 0 amide bonds. The van der Waals surface area contributed by atoms with Gasteiger partial charge in [-0.15, -0.1) is 0 Å². The van der Waals surface area contributed by atoms with Crippen LogP contribution in [0.15, 0.2) is 48.7 Å². The van der Waals surface area contributed by atoms with Crippen LogP contribution in [0, 0.1) is 15.9 Å². The number of nitro benzene ring substituents is 1. The first-order chi connectivity index (χ1) is 19.7. The lowest BCUT2D eigenvalue weighted by atomic mass is 10.1. The SMILES string of the molecule is COCCc1nc(-c2ccc(F)cc2)c(-c2ccnc(Nc3cc([N+](=O)[O-])c(N(C)CCN(C)C)cc3OC)n2)[nH]1. The van der Waals surface area contributed by atoms with E-state index in [0.29, 0.717) is 65.2 Å². The molecule has 0 saturated carbocycles. The van der Waals surface area contributed by atoms with Crippen LogP contribution in [0.3, 0.4) is 0 Å². The van der Waals surface area contributed by atoms with Crippen LogP contribution in [0.4, 0.5) is 27.4 Å². The zero-order chi connectivity index (χ0) is 29.5. The standard InChI is InChI=1S/C28H33FN8O4/c1-35(2)13-14-36(3)22-17-24(41-5)21(16-23(22)37(38)39)32-28-30-12-10-20(31-28)27-26(18-6-8-19(29)9-7-18)33-25(34-27)11-15-40-4/h6-10,12,16-17H,11,13-15H2,1-5H3,(H,33,34)(H,30,31,32). The molecule has 2 heterocycles. The highest BCUT2D eigenvalue weighted by atomic mass is 19.1. The molecule has 2 aromatic heterocycles. The molecule has 2 aromatic carbocycles. The summed E-state index contributed by atoms with van der Waals surface area (Å²) in [6.45, 7) is 1.77. The summed E-state index contributed by atoms with van der Waals surface area (Å²) in [5.41, 5.74) is 3.13. The van der Waals surface area contributed by atoms with Crippen molar-refractivity contribution in [1.82, 2.24) is 24.8 Å². The van der Waals surface area contributed by atoms with Gasteiger partial charge in [-0.2, -0.15) is 0 Å². The minimum absolute atomic E-state index is 0.0827. The van der Waals surface area contributed by atoms with Crippen LogP contribution >= 0.6 is 0 Å². The molecule has 0 radical (unpaired) electrons. The van der Waals surface area contributed by atoms with E-state index in [1.807, 2.05) is 23.9 Å². The fourth-order valence-corrected chi connectivity index (χ4v) is 4.17. The Morgan fingerprint density at radius 2 is 1.83 bits per heavy atom. The van der Waals surface area contributed by atoms with E-state index in [1.54, 1.807) is 44.6 Å². The number of hydrogen-bond acceptors (Lipinski definition) is 10. The lowest BCUT2D eigenvalue weighted by molar-refractivity contribution is -0.384. The topological polar surface area (TPSA) is 135 Å². The first kappa shape index (κ1) is 29.4. The molecule has 0 fully saturated rings. The summed E-state index contributed by atoms with van der Waals surface area (Å²) in [5, 5.41) is 15.1. The number of aromatic amines is 1. The average Bonchev–Trinajstić information content (AvgIpc) is 3.39. The molecule has 0 aliphatic heterocycles. The van der Waals surface area contributed by atoms with E-state index < -0.39 is 4.92 Å². The fourth-order valence-electron chi connectivity index (χ4n) is 4.17. The number of rotatable bonds is 13. The van der Waals surface area contributed by atoms with Gasteiger partial charge in [0.25, 0.3) is 5.69 Å². The molecule has 0 unspecified atom stereocenters. The second kappa shape index (κ2) is 13.2. The number of methoxy groups -OCH3 is 2. The quantitative estimate of drug-likeness (QED) is 0.176. The van der Waals surface area contributed by atoms with Crippen molar-refractivity contribution >= 4 is 23.0 Å². The smallest absolute Gasteiger partial charge is 0.294 e. The lowest BCUT2D eigenvalue weighted by Gasteiger charge is -2.22. The monoisotopic (exact) mass is 564 g/mol. The van der Waals surface area contributed by atoms with Crippen LogP contribution in [0.2, 0.25) is 0 Å². The second-order valence-electron chi connectivity index (χ2n) is 9.57. The Morgan fingerprint density at radius 3 is 2.49 bits per heavy atom. The number of aromatic nitrogens is 4. The molecule has 2 N–H and O–H groups in total. The maximum absolute atomic E-state index is 13.6. The highest BCUT2D eigenvalue weighted by Gasteiger charge is 2.23. The molecular formula is C28H33FN8O4. The average molecular weight is 565 g/mol. The number of halogens is 1. The summed E-state index contributed by atoms with van der Waals surface area (Å²) in [7, 11) is 8.79. The fraction of sp³-hybridized carbons (Fsp3) is 0.321. The summed E-state index contributed by atoms with van der Waals surface area (Å²) >= 11 is 0. The molecule has 0 atom stereocenters. The van der Waals surface area contributed by atoms with E-state index in [1.165, 1.54) is 25.3 Å². The van der Waals surface area contributed by atoms with Gasteiger partial charge in [-0.05, 0) is 44.4 Å². The second-order valence-corrected chi connectivity index (χ2v) is 9.57. The third kappa shape index (κ3) is 7.13. The highest BCUT2D eigenvalue weighted by molar-refractivity contribution is 5.79. The largest absolute Gasteiger partial charge is 0.494 e. The first-order valence-corrected chi connectivity index (χ1v) is 12.9. The van der Waals surface area contributed by atoms with Gasteiger partial charge in [0.05, 0.1) is 41.4 Å². The van der Waals surface area contributed by atoms with Crippen molar-refractivity contribution in [1.29, 1.82) is 0 Å². The van der Waals surface area contributed by atoms with Gasteiger partial charge in [0.1, 0.15) is 23.1 Å². The number of benzene rings is 2. The number of imidazole rings is 1. The number of hydrogen-bond donors (Lipinski definition) is 2. The predicted octanol–water partition coefficient (Wildman–Crippen LogP) is 4.52. The van der Waals surface area contributed by atoms with E-state index in [9.17, 15) is 14.5 Å². The molecule has 0 saturated heterocycles. The van der Waals surface area contributed by atoms with Crippen molar-refractivity contribution in [3.05, 3.63) is 70.4 Å². The first-order valence-electron chi connectivity index (χ1n) is 12.9. The molecule has 0 spiro atoms. The van der Waals surface area contributed by atoms with Gasteiger partial charge in [0, 0.05) is 57.6 Å². The molecule has 13 heteroatoms. The van der Waals surface area contributed by atoms with Gasteiger partial charge >= 0.3 is 0 Å². The molecule has 0 aliphatic carbocycles. The lowest BCUT2D eigenvalue weighted by Crippen LogP contribution is -2.28. The van der Waals surface area contributed by atoms with Crippen molar-refractivity contribution in [2.24, 2.45) is 0 Å². The Hall–Kier alpha value is -4.62. The molecule has 0 aliphatic rings. The van der Waals surface area contributed by atoms with Gasteiger partial charge in [0.2, 0.25) is 5.95 Å². The van der Waals surface area contributed by atoms with E-state index in [-0.39, 0.29) is 17.5 Å². The maximum atomic E-state index is 13.6. The van der Waals surface area contributed by atoms with E-state index >= 15 is 0 Å². The molecule has 41 heavy (non-hydrogen) atoms. The van der Waals surface area contributed by atoms with Crippen molar-refractivity contribution in [3.63, 3.8) is 0 Å². The Balaban J connectivity index is 1.70. The summed E-state index contributed by atoms with van der Waals surface area (Å²) in [6.07, 6.45) is 2.11. The van der Waals surface area contributed by atoms with Gasteiger partial charge in [-0.3, -0.25) is 10.1 Å². The molecule has 216 valence electrons.